The zero-order valence-corrected chi connectivity index (χ0v) is 20.1. The second kappa shape index (κ2) is 8.04. The van der Waals surface area contributed by atoms with Gasteiger partial charge in [-0.2, -0.15) is 0 Å². The lowest BCUT2D eigenvalue weighted by molar-refractivity contribution is -0.139. The molecule has 170 valence electrons. The van der Waals surface area contributed by atoms with Crippen molar-refractivity contribution >= 4 is 34.6 Å². The van der Waals surface area contributed by atoms with E-state index in [-0.39, 0.29) is 17.9 Å². The van der Waals surface area contributed by atoms with Crippen LogP contribution in [0.2, 0.25) is 5.02 Å². The van der Waals surface area contributed by atoms with Crippen molar-refractivity contribution < 1.29 is 9.53 Å². The van der Waals surface area contributed by atoms with Crippen LogP contribution in [-0.4, -0.2) is 57.6 Å². The van der Waals surface area contributed by atoms with Crippen molar-refractivity contribution in [2.24, 2.45) is 10.9 Å². The topological polar surface area (TPSA) is 72.6 Å². The van der Waals surface area contributed by atoms with E-state index in [1.165, 1.54) is 10.4 Å². The smallest absolute Gasteiger partial charge is 0.226 e. The maximum absolute atomic E-state index is 13.3. The van der Waals surface area contributed by atoms with Crippen LogP contribution < -0.4 is 0 Å². The Morgan fingerprint density at radius 3 is 2.76 bits per heavy atom. The van der Waals surface area contributed by atoms with Crippen molar-refractivity contribution in [3.8, 4) is 5.00 Å². The number of aryl methyl sites for hydroxylation is 1. The van der Waals surface area contributed by atoms with E-state index in [1.807, 2.05) is 43.0 Å². The van der Waals surface area contributed by atoms with Gasteiger partial charge in [-0.1, -0.05) is 29.8 Å². The van der Waals surface area contributed by atoms with E-state index >= 15 is 0 Å². The molecule has 0 bridgehead atoms. The fourth-order valence-corrected chi connectivity index (χ4v) is 6.80. The molecular weight excluding hydrogens is 458 g/mol. The van der Waals surface area contributed by atoms with Crippen LogP contribution in [0.3, 0.4) is 0 Å². The Kier molecular flexibility index (Phi) is 5.12. The number of halogens is 1. The van der Waals surface area contributed by atoms with Crippen molar-refractivity contribution in [2.45, 2.75) is 32.7 Å². The van der Waals surface area contributed by atoms with Gasteiger partial charge >= 0.3 is 0 Å². The maximum Gasteiger partial charge on any atom is 0.226 e. The summed E-state index contributed by atoms with van der Waals surface area (Å²) in [7, 11) is 0. The molecular formula is C24H24ClN5O2S. The summed E-state index contributed by atoms with van der Waals surface area (Å²) in [5.74, 6) is 1.87. The van der Waals surface area contributed by atoms with Crippen LogP contribution in [0.5, 0.6) is 0 Å². The first-order chi connectivity index (χ1) is 16.0. The summed E-state index contributed by atoms with van der Waals surface area (Å²) in [6.07, 6.45) is 1.47. The van der Waals surface area contributed by atoms with Gasteiger partial charge in [0.25, 0.3) is 0 Å². The number of thiophene rings is 1. The molecule has 2 aliphatic heterocycles. The lowest BCUT2D eigenvalue weighted by Gasteiger charge is -2.29. The molecule has 2 atom stereocenters. The van der Waals surface area contributed by atoms with Gasteiger partial charge in [0.15, 0.2) is 5.82 Å². The van der Waals surface area contributed by atoms with Crippen molar-refractivity contribution in [1.29, 1.82) is 0 Å². The summed E-state index contributed by atoms with van der Waals surface area (Å²) in [4.78, 5) is 21.6. The Bertz CT molecular complexity index is 1290. The van der Waals surface area contributed by atoms with Crippen molar-refractivity contribution in [1.82, 2.24) is 19.7 Å². The van der Waals surface area contributed by atoms with Crippen LogP contribution in [0.15, 0.2) is 29.3 Å². The number of aromatic nitrogens is 3. The number of ether oxygens (including phenoxy) is 1. The summed E-state index contributed by atoms with van der Waals surface area (Å²) in [6.45, 7) is 6.60. The standard InChI is InChI=1S/C24H24ClN5O2S/c1-13-22-28-27-14(2)30(22)24-20(21(26-13)16-5-3-4-6-18(16)25)17-11-15(12-19(17)33-24)23(31)29-7-9-32-10-8-29/h3-6,13,15H,7-12H2,1-2H3/t13-,15-/m0/s1. The van der Waals surface area contributed by atoms with E-state index < -0.39 is 0 Å². The third-order valence-corrected chi connectivity index (χ3v) is 8.31. The molecule has 6 rings (SSSR count). The summed E-state index contributed by atoms with van der Waals surface area (Å²) in [5, 5.41) is 10.5. The number of benzene rings is 1. The predicted octanol–water partition coefficient (Wildman–Crippen LogP) is 3.78. The van der Waals surface area contributed by atoms with Gasteiger partial charge in [0.1, 0.15) is 16.9 Å². The predicted molar refractivity (Wildman–Crippen MR) is 128 cm³/mol. The molecule has 2 aromatic heterocycles. The Labute approximate surface area is 201 Å². The van der Waals surface area contributed by atoms with Crippen LogP contribution in [0.1, 0.15) is 46.2 Å². The molecule has 3 aromatic rings. The number of amides is 1. The van der Waals surface area contributed by atoms with Gasteiger partial charge < -0.3 is 9.64 Å². The van der Waals surface area contributed by atoms with Crippen LogP contribution >= 0.6 is 22.9 Å². The molecule has 1 amide bonds. The first-order valence-corrected chi connectivity index (χ1v) is 12.5. The van der Waals surface area contributed by atoms with Crippen LogP contribution in [0.25, 0.3) is 5.00 Å². The van der Waals surface area contributed by atoms with Crippen molar-refractivity contribution in [2.75, 3.05) is 26.3 Å². The largest absolute Gasteiger partial charge is 0.378 e. The number of hydrogen-bond donors (Lipinski definition) is 0. The van der Waals surface area contributed by atoms with Crippen molar-refractivity contribution in [3.63, 3.8) is 0 Å². The van der Waals surface area contributed by atoms with Gasteiger partial charge in [-0.25, -0.2) is 0 Å². The van der Waals surface area contributed by atoms with E-state index in [0.717, 1.165) is 39.9 Å². The maximum atomic E-state index is 13.3. The molecule has 1 aromatic carbocycles. The van der Waals surface area contributed by atoms with Gasteiger partial charge in [-0.3, -0.25) is 14.4 Å². The van der Waals surface area contributed by atoms with Gasteiger partial charge in [0, 0.05) is 40.0 Å². The molecule has 0 radical (unpaired) electrons. The van der Waals surface area contributed by atoms with Crippen LogP contribution in [0.4, 0.5) is 0 Å². The molecule has 33 heavy (non-hydrogen) atoms. The Morgan fingerprint density at radius 2 is 1.97 bits per heavy atom. The normalized spacial score (nSPS) is 21.8. The third-order valence-electron chi connectivity index (χ3n) is 6.74. The number of morpholine rings is 1. The second-order valence-corrected chi connectivity index (χ2v) is 10.3. The zero-order valence-electron chi connectivity index (χ0n) is 18.5. The highest BCUT2D eigenvalue weighted by atomic mass is 35.5. The Morgan fingerprint density at radius 1 is 1.18 bits per heavy atom. The van der Waals surface area contributed by atoms with E-state index in [9.17, 15) is 4.79 Å². The third kappa shape index (κ3) is 3.34. The van der Waals surface area contributed by atoms with E-state index in [0.29, 0.717) is 37.7 Å². The van der Waals surface area contributed by atoms with Crippen molar-refractivity contribution in [3.05, 3.63) is 62.5 Å². The molecule has 9 heteroatoms. The number of hydrogen-bond acceptors (Lipinski definition) is 6. The Balaban J connectivity index is 1.48. The number of fused-ring (bicyclic) bond motifs is 5. The fourth-order valence-electron chi connectivity index (χ4n) is 5.11. The molecule has 0 saturated carbocycles. The highest BCUT2D eigenvalue weighted by Crippen LogP contribution is 2.45. The molecule has 0 spiro atoms. The molecule has 0 N–H and O–H groups in total. The summed E-state index contributed by atoms with van der Waals surface area (Å²) >= 11 is 8.39. The Hall–Kier alpha value is -2.55. The molecule has 4 heterocycles. The number of nitrogens with zero attached hydrogens (tertiary/aromatic N) is 5. The van der Waals surface area contributed by atoms with Crippen LogP contribution in [-0.2, 0) is 22.4 Å². The molecule has 1 aliphatic carbocycles. The van der Waals surface area contributed by atoms with Gasteiger partial charge in [0.2, 0.25) is 5.91 Å². The zero-order chi connectivity index (χ0) is 22.7. The lowest BCUT2D eigenvalue weighted by Crippen LogP contribution is -2.44. The fraction of sp³-hybridized carbons (Fsp3) is 0.417. The molecule has 7 nitrogen and oxygen atoms in total. The number of aliphatic imine (C=N–C) groups is 1. The summed E-state index contributed by atoms with van der Waals surface area (Å²) in [6, 6.07) is 7.67. The number of carbonyl (C=O) groups excluding carboxylic acids is 1. The minimum atomic E-state index is -0.167. The highest BCUT2D eigenvalue weighted by Gasteiger charge is 2.39. The summed E-state index contributed by atoms with van der Waals surface area (Å²) in [5.41, 5.74) is 4.08. The van der Waals surface area contributed by atoms with Crippen LogP contribution in [0, 0.1) is 12.8 Å². The van der Waals surface area contributed by atoms with Gasteiger partial charge in [0.05, 0.1) is 18.9 Å². The molecule has 1 fully saturated rings. The van der Waals surface area contributed by atoms with Gasteiger partial charge in [-0.05, 0) is 38.3 Å². The minimum Gasteiger partial charge on any atom is -0.378 e. The monoisotopic (exact) mass is 481 g/mol. The minimum absolute atomic E-state index is 0.0377. The molecule has 3 aliphatic rings. The second-order valence-electron chi connectivity index (χ2n) is 8.80. The average Bonchev–Trinajstić information content (AvgIpc) is 3.48. The molecule has 1 saturated heterocycles. The average molecular weight is 482 g/mol. The first-order valence-electron chi connectivity index (χ1n) is 11.3. The number of rotatable bonds is 2. The first kappa shape index (κ1) is 21.0. The lowest BCUT2D eigenvalue weighted by atomic mass is 9.97. The van der Waals surface area contributed by atoms with E-state index in [2.05, 4.69) is 14.8 Å². The van der Waals surface area contributed by atoms with E-state index in [1.54, 1.807) is 11.3 Å². The van der Waals surface area contributed by atoms with Gasteiger partial charge in [-0.15, -0.1) is 21.5 Å². The molecule has 0 unspecified atom stereocenters. The summed E-state index contributed by atoms with van der Waals surface area (Å²) < 4.78 is 7.57. The quantitative estimate of drug-likeness (QED) is 0.558. The number of carbonyl (C=O) groups is 1. The van der Waals surface area contributed by atoms with E-state index in [4.69, 9.17) is 21.3 Å². The highest BCUT2D eigenvalue weighted by molar-refractivity contribution is 7.15. The SMILES string of the molecule is Cc1nnc2n1-c1sc3c(c1C(c1ccccc1Cl)=N[C@H]2C)C[C@H](C(=O)N1CCOCC1)C3.